The molecule has 3 aromatic rings. The fraction of sp³-hybridized carbons (Fsp3) is 0.333. The van der Waals surface area contributed by atoms with Gasteiger partial charge in [0, 0.05) is 16.7 Å². The van der Waals surface area contributed by atoms with E-state index in [0.717, 1.165) is 11.1 Å². The summed E-state index contributed by atoms with van der Waals surface area (Å²) in [5.41, 5.74) is 1.48. The molecule has 1 heterocycles. The van der Waals surface area contributed by atoms with Gasteiger partial charge in [0.1, 0.15) is 23.0 Å². The molecule has 0 aliphatic carbocycles. The van der Waals surface area contributed by atoms with Crippen LogP contribution in [-0.2, 0) is 19.0 Å². The smallest absolute Gasteiger partial charge is 0.467 e. The standard InChI is InChI=1S/C33H36N2O7/c1-32(2,3)41-30(37)35-25-19-18-23(40-31(38)42-33(4,5)6)20-24(25)27(28(35)29(36)39-7)34-26(21-14-10-8-11-15-21)22-16-12-9-13-17-22/h8-20,27-28H,1-7H3/t27-,28-/m1/s1. The van der Waals surface area contributed by atoms with E-state index in [2.05, 4.69) is 0 Å². The highest BCUT2D eigenvalue weighted by atomic mass is 16.7. The molecule has 9 heteroatoms. The molecule has 0 saturated heterocycles. The molecule has 3 aromatic carbocycles. The number of rotatable bonds is 5. The zero-order valence-corrected chi connectivity index (χ0v) is 24.9. The average Bonchev–Trinajstić information content (AvgIpc) is 3.23. The van der Waals surface area contributed by atoms with Crippen molar-refractivity contribution >= 4 is 29.6 Å². The van der Waals surface area contributed by atoms with Crippen LogP contribution in [0.4, 0.5) is 15.3 Å². The third kappa shape index (κ3) is 7.15. The summed E-state index contributed by atoms with van der Waals surface area (Å²) in [6, 6.07) is 21.6. The first-order chi connectivity index (χ1) is 19.8. The van der Waals surface area contributed by atoms with Gasteiger partial charge in [-0.05, 0) is 59.7 Å². The number of hydrogen-bond donors (Lipinski definition) is 0. The Balaban J connectivity index is 1.91. The van der Waals surface area contributed by atoms with Gasteiger partial charge in [-0.3, -0.25) is 9.89 Å². The van der Waals surface area contributed by atoms with Gasteiger partial charge in [-0.25, -0.2) is 14.4 Å². The van der Waals surface area contributed by atoms with E-state index in [9.17, 15) is 14.4 Å². The van der Waals surface area contributed by atoms with E-state index in [0.29, 0.717) is 17.0 Å². The molecule has 0 unspecified atom stereocenters. The monoisotopic (exact) mass is 572 g/mol. The molecule has 42 heavy (non-hydrogen) atoms. The number of hydrogen-bond acceptors (Lipinski definition) is 8. The van der Waals surface area contributed by atoms with E-state index in [4.69, 9.17) is 23.9 Å². The van der Waals surface area contributed by atoms with Crippen molar-refractivity contribution in [3.63, 3.8) is 0 Å². The second kappa shape index (κ2) is 12.1. The van der Waals surface area contributed by atoms with Gasteiger partial charge in [-0.15, -0.1) is 0 Å². The van der Waals surface area contributed by atoms with Gasteiger partial charge in [-0.1, -0.05) is 60.7 Å². The van der Waals surface area contributed by atoms with Crippen LogP contribution in [0.25, 0.3) is 0 Å². The molecule has 0 N–H and O–H groups in total. The maximum absolute atomic E-state index is 13.6. The second-order valence-corrected chi connectivity index (χ2v) is 11.8. The number of nitrogens with zero attached hydrogens (tertiary/aromatic N) is 2. The minimum Gasteiger partial charge on any atom is -0.467 e. The van der Waals surface area contributed by atoms with Gasteiger partial charge < -0.3 is 18.9 Å². The molecule has 1 aliphatic rings. The molecule has 0 fully saturated rings. The van der Waals surface area contributed by atoms with Crippen molar-refractivity contribution in [3.05, 3.63) is 95.6 Å². The number of methoxy groups -OCH3 is 1. The van der Waals surface area contributed by atoms with Crippen molar-refractivity contribution in [3.8, 4) is 5.75 Å². The lowest BCUT2D eigenvalue weighted by Crippen LogP contribution is -2.47. The number of aliphatic imine (C=N–C) groups is 1. The highest BCUT2D eigenvalue weighted by Crippen LogP contribution is 2.45. The van der Waals surface area contributed by atoms with Crippen molar-refractivity contribution < 1.29 is 33.3 Å². The number of anilines is 1. The molecule has 0 bridgehead atoms. The lowest BCUT2D eigenvalue weighted by molar-refractivity contribution is -0.142. The molecule has 220 valence electrons. The predicted molar refractivity (Wildman–Crippen MR) is 159 cm³/mol. The number of amides is 1. The van der Waals surface area contributed by atoms with Gasteiger partial charge in [0.25, 0.3) is 0 Å². The van der Waals surface area contributed by atoms with Crippen LogP contribution in [0, 0.1) is 0 Å². The van der Waals surface area contributed by atoms with E-state index >= 15 is 0 Å². The fourth-order valence-electron chi connectivity index (χ4n) is 4.55. The lowest BCUT2D eigenvalue weighted by Gasteiger charge is -2.29. The van der Waals surface area contributed by atoms with Crippen LogP contribution in [0.2, 0.25) is 0 Å². The van der Waals surface area contributed by atoms with Crippen LogP contribution in [-0.4, -0.2) is 48.3 Å². The van der Waals surface area contributed by atoms with Crippen LogP contribution in [0.15, 0.2) is 83.9 Å². The highest BCUT2D eigenvalue weighted by Gasteiger charge is 2.49. The van der Waals surface area contributed by atoms with Crippen molar-refractivity contribution in [2.75, 3.05) is 12.0 Å². The minimum absolute atomic E-state index is 0.166. The molecule has 9 nitrogen and oxygen atoms in total. The number of carbonyl (C=O) groups is 3. The average molecular weight is 573 g/mol. The molecule has 2 atom stereocenters. The van der Waals surface area contributed by atoms with Crippen LogP contribution < -0.4 is 9.64 Å². The van der Waals surface area contributed by atoms with Crippen LogP contribution >= 0.6 is 0 Å². The Bertz CT molecular complexity index is 1430. The number of ether oxygens (including phenoxy) is 4. The molecular formula is C33H36N2O7. The summed E-state index contributed by atoms with van der Waals surface area (Å²) >= 11 is 0. The van der Waals surface area contributed by atoms with Crippen molar-refractivity contribution in [1.82, 2.24) is 0 Å². The van der Waals surface area contributed by atoms with Gasteiger partial charge in [-0.2, -0.15) is 0 Å². The minimum atomic E-state index is -1.20. The van der Waals surface area contributed by atoms with E-state index in [1.165, 1.54) is 18.1 Å². The third-order valence-electron chi connectivity index (χ3n) is 6.14. The summed E-state index contributed by atoms with van der Waals surface area (Å²) in [5, 5.41) is 0. The third-order valence-corrected chi connectivity index (χ3v) is 6.14. The van der Waals surface area contributed by atoms with E-state index in [1.807, 2.05) is 60.7 Å². The SMILES string of the molecule is COC(=O)[C@H]1[C@H](N=C(c2ccccc2)c2ccccc2)c2cc(OC(=O)OC(C)(C)C)ccc2N1C(=O)OC(C)(C)C. The first-order valence-corrected chi connectivity index (χ1v) is 13.6. The van der Waals surface area contributed by atoms with Crippen LogP contribution in [0.3, 0.4) is 0 Å². The molecule has 1 amide bonds. The number of fused-ring (bicyclic) bond motifs is 1. The topological polar surface area (TPSA) is 104 Å². The largest absolute Gasteiger partial charge is 0.514 e. The first-order valence-electron chi connectivity index (χ1n) is 13.6. The Morgan fingerprint density at radius 1 is 0.762 bits per heavy atom. The maximum Gasteiger partial charge on any atom is 0.514 e. The summed E-state index contributed by atoms with van der Waals surface area (Å²) in [4.78, 5) is 45.8. The Hall–Kier alpha value is -4.66. The maximum atomic E-state index is 13.6. The van der Waals surface area contributed by atoms with Gasteiger partial charge in [0.15, 0.2) is 6.04 Å². The Kier molecular flexibility index (Phi) is 8.70. The molecule has 0 aromatic heterocycles. The zero-order valence-electron chi connectivity index (χ0n) is 24.9. The quantitative estimate of drug-likeness (QED) is 0.142. The predicted octanol–water partition coefficient (Wildman–Crippen LogP) is 6.88. The zero-order chi connectivity index (χ0) is 30.7. The fourth-order valence-corrected chi connectivity index (χ4v) is 4.55. The highest BCUT2D eigenvalue weighted by molar-refractivity contribution is 6.13. The van der Waals surface area contributed by atoms with Gasteiger partial charge >= 0.3 is 18.2 Å². The molecular weight excluding hydrogens is 536 g/mol. The summed E-state index contributed by atoms with van der Waals surface area (Å²) in [5.74, 6) is -0.514. The summed E-state index contributed by atoms with van der Waals surface area (Å²) in [6.07, 6.45) is -1.62. The molecule has 0 saturated carbocycles. The van der Waals surface area contributed by atoms with E-state index < -0.39 is 41.5 Å². The number of carbonyl (C=O) groups excluding carboxylic acids is 3. The van der Waals surface area contributed by atoms with Gasteiger partial charge in [0.05, 0.1) is 18.5 Å². The summed E-state index contributed by atoms with van der Waals surface area (Å²) in [7, 11) is 1.26. The lowest BCUT2D eigenvalue weighted by atomic mass is 9.99. The summed E-state index contributed by atoms with van der Waals surface area (Å²) < 4.78 is 21.7. The van der Waals surface area contributed by atoms with Gasteiger partial charge in [0.2, 0.25) is 0 Å². The van der Waals surface area contributed by atoms with E-state index in [1.54, 1.807) is 53.7 Å². The van der Waals surface area contributed by atoms with Crippen molar-refractivity contribution in [2.45, 2.75) is 64.8 Å². The number of benzene rings is 3. The van der Waals surface area contributed by atoms with Crippen molar-refractivity contribution in [2.24, 2.45) is 4.99 Å². The van der Waals surface area contributed by atoms with Crippen LogP contribution in [0.1, 0.15) is 64.3 Å². The first kappa shape index (κ1) is 30.3. The molecule has 4 rings (SSSR count). The Labute approximate surface area is 246 Å². The summed E-state index contributed by atoms with van der Waals surface area (Å²) in [6.45, 7) is 10.4. The molecule has 1 aliphatic heterocycles. The number of esters is 1. The molecule has 0 spiro atoms. The van der Waals surface area contributed by atoms with Crippen molar-refractivity contribution in [1.29, 1.82) is 0 Å². The molecule has 0 radical (unpaired) electrons. The second-order valence-electron chi connectivity index (χ2n) is 11.8. The van der Waals surface area contributed by atoms with E-state index in [-0.39, 0.29) is 5.75 Å². The Morgan fingerprint density at radius 3 is 1.81 bits per heavy atom. The Morgan fingerprint density at radius 2 is 1.31 bits per heavy atom. The van der Waals surface area contributed by atoms with Crippen LogP contribution in [0.5, 0.6) is 5.75 Å². The normalized spacial score (nSPS) is 16.2.